The summed E-state index contributed by atoms with van der Waals surface area (Å²) in [5.41, 5.74) is 4.01. The highest BCUT2D eigenvalue weighted by Crippen LogP contribution is 2.36. The molecule has 0 unspecified atom stereocenters. The zero-order chi connectivity index (χ0) is 21.4. The molecule has 3 rings (SSSR count). The molecule has 3 aromatic rings. The maximum atomic E-state index is 11.9. The summed E-state index contributed by atoms with van der Waals surface area (Å²) in [6, 6.07) is 5.75. The average molecular weight is 461 g/mol. The van der Waals surface area contributed by atoms with Crippen LogP contribution in [0.25, 0.3) is 10.6 Å². The number of aryl methyl sites for hydroxylation is 1. The van der Waals surface area contributed by atoms with E-state index in [4.69, 9.17) is 5.73 Å². The van der Waals surface area contributed by atoms with Crippen molar-refractivity contribution in [3.05, 3.63) is 45.9 Å². The van der Waals surface area contributed by atoms with E-state index >= 15 is 0 Å². The summed E-state index contributed by atoms with van der Waals surface area (Å²) in [6.07, 6.45) is 0.947. The predicted molar refractivity (Wildman–Crippen MR) is 114 cm³/mol. The lowest BCUT2D eigenvalue weighted by molar-refractivity contribution is -0.107. The van der Waals surface area contributed by atoms with Crippen LogP contribution in [0.15, 0.2) is 34.5 Å². The standard InChI is InChI=1S/C9H7F3OS.C9H12N4S2/c10-9(11,12)14-8-3-1-7(2-4-8)5-6-13;1-5-8(15-7(3-10)12-5)6-4-14-9(11-2)13-6/h1-4,6H,5H2;4H,3,10H2,1-2H3,(H,11,13). The van der Waals surface area contributed by atoms with E-state index in [-0.39, 0.29) is 23.1 Å². The Hall–Kier alpha value is -1.95. The molecule has 0 spiro atoms. The van der Waals surface area contributed by atoms with E-state index in [0.29, 0.717) is 18.4 Å². The molecule has 0 aliphatic carbocycles. The highest BCUT2D eigenvalue weighted by Gasteiger charge is 2.28. The first-order valence-corrected chi connectivity index (χ1v) is 10.8. The molecule has 2 aromatic heterocycles. The van der Waals surface area contributed by atoms with Crippen molar-refractivity contribution >= 4 is 45.9 Å². The second-order valence-electron chi connectivity index (χ2n) is 5.58. The van der Waals surface area contributed by atoms with E-state index in [9.17, 15) is 18.0 Å². The molecule has 0 aliphatic heterocycles. The zero-order valence-electron chi connectivity index (χ0n) is 15.6. The lowest BCUT2D eigenvalue weighted by Gasteiger charge is -2.05. The number of aromatic nitrogens is 2. The van der Waals surface area contributed by atoms with Crippen LogP contribution in [0.2, 0.25) is 0 Å². The fourth-order valence-corrected chi connectivity index (χ4v) is 4.37. The molecule has 0 saturated heterocycles. The van der Waals surface area contributed by atoms with Crippen LogP contribution in [-0.4, -0.2) is 28.8 Å². The summed E-state index contributed by atoms with van der Waals surface area (Å²) in [5.74, 6) is 0. The number of thioether (sulfide) groups is 1. The summed E-state index contributed by atoms with van der Waals surface area (Å²) in [5, 5.41) is 6.94. The van der Waals surface area contributed by atoms with E-state index in [1.54, 1.807) is 22.7 Å². The van der Waals surface area contributed by atoms with Gasteiger partial charge >= 0.3 is 5.51 Å². The monoisotopic (exact) mass is 460 g/mol. The normalized spacial score (nSPS) is 11.0. The Morgan fingerprint density at radius 2 is 1.93 bits per heavy atom. The second kappa shape index (κ2) is 10.7. The Balaban J connectivity index is 0.000000208. The van der Waals surface area contributed by atoms with Gasteiger partial charge in [0.2, 0.25) is 0 Å². The zero-order valence-corrected chi connectivity index (χ0v) is 18.1. The number of benzene rings is 1. The Morgan fingerprint density at radius 3 is 2.41 bits per heavy atom. The van der Waals surface area contributed by atoms with Crippen molar-refractivity contribution in [1.82, 2.24) is 9.97 Å². The number of thiazole rings is 2. The molecular weight excluding hydrogens is 441 g/mol. The van der Waals surface area contributed by atoms with Crippen molar-refractivity contribution in [2.24, 2.45) is 5.73 Å². The van der Waals surface area contributed by atoms with Crippen LogP contribution >= 0.6 is 34.4 Å². The summed E-state index contributed by atoms with van der Waals surface area (Å²) in [4.78, 5) is 20.2. The molecule has 0 radical (unpaired) electrons. The van der Waals surface area contributed by atoms with Crippen molar-refractivity contribution in [3.8, 4) is 10.6 Å². The lowest BCUT2D eigenvalue weighted by atomic mass is 10.2. The molecule has 0 bridgehead atoms. The van der Waals surface area contributed by atoms with Gasteiger partial charge in [-0.25, -0.2) is 9.97 Å². The number of carbonyl (C=O) groups excluding carboxylic acids is 1. The van der Waals surface area contributed by atoms with Gasteiger partial charge < -0.3 is 15.8 Å². The first-order valence-electron chi connectivity index (χ1n) is 8.34. The SMILES string of the molecule is CNc1nc(-c2sc(CN)nc2C)cs1.O=CCc1ccc(SC(F)(F)F)cc1. The third-order valence-corrected chi connectivity index (χ3v) is 6.24. The number of carbonyl (C=O) groups is 1. The van der Waals surface area contributed by atoms with Gasteiger partial charge in [0.1, 0.15) is 11.3 Å². The van der Waals surface area contributed by atoms with E-state index in [0.717, 1.165) is 26.4 Å². The first kappa shape index (κ1) is 23.3. The predicted octanol–water partition coefficient (Wildman–Crippen LogP) is 5.12. The van der Waals surface area contributed by atoms with Gasteiger partial charge in [-0.3, -0.25) is 0 Å². The smallest absolute Gasteiger partial charge is 0.365 e. The Labute approximate surface area is 178 Å². The molecule has 11 heteroatoms. The van der Waals surface area contributed by atoms with Gasteiger partial charge in [0.25, 0.3) is 0 Å². The van der Waals surface area contributed by atoms with Gasteiger partial charge in [0.15, 0.2) is 5.13 Å². The molecule has 2 heterocycles. The highest BCUT2D eigenvalue weighted by atomic mass is 32.2. The molecule has 29 heavy (non-hydrogen) atoms. The van der Waals surface area contributed by atoms with Gasteiger partial charge in [0.05, 0.1) is 16.3 Å². The molecular formula is C18H19F3N4OS3. The molecule has 5 nitrogen and oxygen atoms in total. The summed E-state index contributed by atoms with van der Waals surface area (Å²) in [7, 11) is 1.87. The number of halogens is 3. The molecule has 0 saturated carbocycles. The van der Waals surface area contributed by atoms with Crippen LogP contribution in [-0.2, 0) is 17.8 Å². The topological polar surface area (TPSA) is 80.9 Å². The van der Waals surface area contributed by atoms with E-state index < -0.39 is 5.51 Å². The molecule has 0 atom stereocenters. The molecule has 156 valence electrons. The van der Waals surface area contributed by atoms with E-state index in [1.165, 1.54) is 24.3 Å². The average Bonchev–Trinajstić information content (AvgIpc) is 3.29. The van der Waals surface area contributed by atoms with Crippen molar-refractivity contribution < 1.29 is 18.0 Å². The minimum atomic E-state index is -4.26. The number of anilines is 1. The minimum absolute atomic E-state index is 0.132. The Kier molecular flexibility index (Phi) is 8.62. The number of nitrogens with one attached hydrogen (secondary N) is 1. The maximum absolute atomic E-state index is 11.9. The number of aldehydes is 1. The molecule has 1 aromatic carbocycles. The molecule has 3 N–H and O–H groups in total. The Bertz CT molecular complexity index is 923. The number of hydrogen-bond acceptors (Lipinski definition) is 8. The number of nitrogens with two attached hydrogens (primary N) is 1. The maximum Gasteiger partial charge on any atom is 0.446 e. The highest BCUT2D eigenvalue weighted by molar-refractivity contribution is 8.00. The molecule has 0 aliphatic rings. The van der Waals surface area contributed by atoms with Gasteiger partial charge in [-0.15, -0.1) is 22.7 Å². The fourth-order valence-electron chi connectivity index (χ4n) is 2.19. The number of hydrogen-bond donors (Lipinski definition) is 2. The van der Waals surface area contributed by atoms with Gasteiger partial charge in [-0.1, -0.05) is 12.1 Å². The third kappa shape index (κ3) is 7.42. The number of alkyl halides is 3. The summed E-state index contributed by atoms with van der Waals surface area (Å²) < 4.78 is 35.7. The van der Waals surface area contributed by atoms with Crippen LogP contribution in [0.4, 0.5) is 18.3 Å². The van der Waals surface area contributed by atoms with Crippen LogP contribution in [0.1, 0.15) is 16.3 Å². The second-order valence-corrected chi connectivity index (χ2v) is 8.66. The number of nitrogens with zero attached hydrogens (tertiary/aromatic N) is 2. The summed E-state index contributed by atoms with van der Waals surface area (Å²) in [6.45, 7) is 2.48. The van der Waals surface area contributed by atoms with E-state index in [2.05, 4.69) is 15.3 Å². The number of rotatable bonds is 6. The summed E-state index contributed by atoms with van der Waals surface area (Å²) >= 11 is 3.05. The Morgan fingerprint density at radius 1 is 1.24 bits per heavy atom. The molecule has 0 amide bonds. The van der Waals surface area contributed by atoms with Crippen LogP contribution in [0, 0.1) is 6.92 Å². The first-order chi connectivity index (χ1) is 13.8. The van der Waals surface area contributed by atoms with Crippen molar-refractivity contribution in [3.63, 3.8) is 0 Å². The van der Waals surface area contributed by atoms with Gasteiger partial charge in [-0.2, -0.15) is 13.2 Å². The van der Waals surface area contributed by atoms with E-state index in [1.807, 2.05) is 19.4 Å². The van der Waals surface area contributed by atoms with Crippen molar-refractivity contribution in [2.75, 3.05) is 12.4 Å². The molecule has 0 fully saturated rings. The minimum Gasteiger partial charge on any atom is -0.365 e. The van der Waals surface area contributed by atoms with Crippen molar-refractivity contribution in [1.29, 1.82) is 0 Å². The van der Waals surface area contributed by atoms with Gasteiger partial charge in [0, 0.05) is 30.3 Å². The quantitative estimate of drug-likeness (QED) is 0.393. The van der Waals surface area contributed by atoms with Crippen LogP contribution in [0.5, 0.6) is 0 Å². The van der Waals surface area contributed by atoms with Gasteiger partial charge in [-0.05, 0) is 36.4 Å². The third-order valence-electron chi connectivity index (χ3n) is 3.44. The fraction of sp³-hybridized carbons (Fsp3) is 0.278. The van der Waals surface area contributed by atoms with Crippen molar-refractivity contribution in [2.45, 2.75) is 30.3 Å². The largest absolute Gasteiger partial charge is 0.446 e. The van der Waals surface area contributed by atoms with Crippen LogP contribution in [0.3, 0.4) is 0 Å². The lowest BCUT2D eigenvalue weighted by Crippen LogP contribution is -1.98. The van der Waals surface area contributed by atoms with Crippen LogP contribution < -0.4 is 11.1 Å².